The Morgan fingerprint density at radius 1 is 0.692 bits per heavy atom. The summed E-state index contributed by atoms with van der Waals surface area (Å²) in [6, 6.07) is 32.7. The molecule has 0 heterocycles. The van der Waals surface area contributed by atoms with Crippen molar-refractivity contribution in [2.45, 2.75) is 51.9 Å². The minimum absolute atomic E-state index is 0.0316. The highest BCUT2D eigenvalue weighted by Gasteiger charge is 2.42. The normalized spacial score (nSPS) is 13.6. The van der Waals surface area contributed by atoms with Crippen LogP contribution in [0.25, 0.3) is 22.3 Å². The topological polar surface area (TPSA) is 46.5 Å². The van der Waals surface area contributed by atoms with Gasteiger partial charge in [0, 0.05) is 16.5 Å². The van der Waals surface area contributed by atoms with Gasteiger partial charge in [-0.05, 0) is 59.2 Å². The molecule has 0 spiro atoms. The van der Waals surface area contributed by atoms with Gasteiger partial charge in [0.2, 0.25) is 5.78 Å². The van der Waals surface area contributed by atoms with Crippen LogP contribution in [0.4, 0.5) is 0 Å². The van der Waals surface area contributed by atoms with Crippen molar-refractivity contribution in [1.82, 2.24) is 0 Å². The fourth-order valence-corrected chi connectivity index (χ4v) is 6.28. The van der Waals surface area contributed by atoms with Gasteiger partial charge in [0.05, 0.1) is 6.54 Å². The lowest BCUT2D eigenvalue weighted by Crippen LogP contribution is -2.26. The maximum atomic E-state index is 14.3. The molecule has 1 aliphatic rings. The van der Waals surface area contributed by atoms with Crippen LogP contribution in [-0.2, 0) is 10.2 Å². The number of hydrogen-bond acceptors (Lipinski definition) is 3. The fraction of sp³-hybridized carbons (Fsp3) is 0.250. The van der Waals surface area contributed by atoms with Crippen LogP contribution < -0.4 is 0 Å². The summed E-state index contributed by atoms with van der Waals surface area (Å²) in [6.45, 7) is 5.95. The molecule has 0 fully saturated rings. The number of nitrogens with zero attached hydrogens (tertiary/aromatic N) is 1. The minimum Gasteiger partial charge on any atom is -0.298 e. The molecule has 5 rings (SSSR count). The molecule has 0 unspecified atom stereocenters. The largest absolute Gasteiger partial charge is 0.298 e. The third kappa shape index (κ3) is 4.90. The second kappa shape index (κ2) is 11.3. The Labute approximate surface area is 231 Å². The molecule has 3 nitrogen and oxygen atoms in total. The first-order valence-corrected chi connectivity index (χ1v) is 14.0. The van der Waals surface area contributed by atoms with E-state index >= 15 is 0 Å². The lowest BCUT2D eigenvalue weighted by atomic mass is 9.71. The van der Waals surface area contributed by atoms with Crippen molar-refractivity contribution in [3.05, 3.63) is 119 Å². The first-order valence-electron chi connectivity index (χ1n) is 14.0. The summed E-state index contributed by atoms with van der Waals surface area (Å²) in [7, 11) is 0. The van der Waals surface area contributed by atoms with E-state index in [9.17, 15) is 9.59 Å². The van der Waals surface area contributed by atoms with Gasteiger partial charge < -0.3 is 0 Å². The highest BCUT2D eigenvalue weighted by atomic mass is 16.1. The number of aliphatic imine (C=N–C) groups is 1. The molecule has 39 heavy (non-hydrogen) atoms. The maximum Gasteiger partial charge on any atom is 0.211 e. The number of Topliss-reactive ketones (excluding diaryl/α,β-unsaturated/α-hetero) is 2. The van der Waals surface area contributed by atoms with Crippen molar-refractivity contribution < 1.29 is 9.59 Å². The average Bonchev–Trinajstić information content (AvgIpc) is 3.23. The third-order valence-corrected chi connectivity index (χ3v) is 7.83. The molecule has 3 heteroatoms. The van der Waals surface area contributed by atoms with E-state index < -0.39 is 0 Å². The van der Waals surface area contributed by atoms with Crippen molar-refractivity contribution in [2.75, 3.05) is 6.54 Å². The van der Waals surface area contributed by atoms with Crippen LogP contribution in [0.5, 0.6) is 0 Å². The smallest absolute Gasteiger partial charge is 0.211 e. The van der Waals surface area contributed by atoms with Gasteiger partial charge in [-0.15, -0.1) is 0 Å². The summed E-state index contributed by atoms with van der Waals surface area (Å²) in [5.74, 6) is -0.230. The molecule has 196 valence electrons. The van der Waals surface area contributed by atoms with Crippen LogP contribution in [0, 0.1) is 0 Å². The van der Waals surface area contributed by atoms with E-state index in [1.54, 1.807) is 0 Å². The summed E-state index contributed by atoms with van der Waals surface area (Å²) in [4.78, 5) is 30.9. The molecule has 0 N–H and O–H groups in total. The Balaban J connectivity index is 1.66. The highest BCUT2D eigenvalue weighted by molar-refractivity contribution is 6.52. The molecule has 0 saturated heterocycles. The number of hydrogen-bond donors (Lipinski definition) is 0. The van der Waals surface area contributed by atoms with Crippen LogP contribution in [0.1, 0.15) is 73.5 Å². The second-order valence-electron chi connectivity index (χ2n) is 10.5. The zero-order valence-electron chi connectivity index (χ0n) is 23.0. The Kier molecular flexibility index (Phi) is 7.70. The van der Waals surface area contributed by atoms with Gasteiger partial charge in [-0.2, -0.15) is 0 Å². The van der Waals surface area contributed by atoms with E-state index in [1.165, 1.54) is 29.2 Å². The molecular weight excluding hydrogens is 478 g/mol. The maximum absolute atomic E-state index is 14.3. The Morgan fingerprint density at radius 2 is 1.31 bits per heavy atom. The predicted octanol–water partition coefficient (Wildman–Crippen LogP) is 8.48. The van der Waals surface area contributed by atoms with E-state index in [4.69, 9.17) is 0 Å². The third-order valence-electron chi connectivity index (χ3n) is 7.83. The van der Waals surface area contributed by atoms with Gasteiger partial charge in [0.1, 0.15) is 5.71 Å². The van der Waals surface area contributed by atoms with Crippen LogP contribution in [-0.4, -0.2) is 23.8 Å². The van der Waals surface area contributed by atoms with Crippen LogP contribution in [0.3, 0.4) is 0 Å². The Bertz CT molecular complexity index is 1540. The SMILES string of the molecule is CCCC1(CCC)c2ccccc2-c2ccc(C(=O)C(=NCC(C)=O)c3ccccc3-c3ccccc3)cc21. The summed E-state index contributed by atoms with van der Waals surface area (Å²) in [5.41, 5.74) is 8.61. The molecule has 0 aliphatic heterocycles. The van der Waals surface area contributed by atoms with Crippen molar-refractivity contribution in [3.8, 4) is 22.3 Å². The van der Waals surface area contributed by atoms with Crippen molar-refractivity contribution in [1.29, 1.82) is 0 Å². The van der Waals surface area contributed by atoms with Crippen LogP contribution >= 0.6 is 0 Å². The van der Waals surface area contributed by atoms with Gasteiger partial charge >= 0.3 is 0 Å². The first kappa shape index (κ1) is 26.5. The Morgan fingerprint density at radius 3 is 2.00 bits per heavy atom. The van der Waals surface area contributed by atoms with Crippen molar-refractivity contribution in [3.63, 3.8) is 0 Å². The van der Waals surface area contributed by atoms with Gasteiger partial charge in [0.25, 0.3) is 0 Å². The second-order valence-corrected chi connectivity index (χ2v) is 10.5. The fourth-order valence-electron chi connectivity index (χ4n) is 6.28. The lowest BCUT2D eigenvalue weighted by Gasteiger charge is -2.32. The monoisotopic (exact) mass is 513 g/mol. The summed E-state index contributed by atoms with van der Waals surface area (Å²) >= 11 is 0. The minimum atomic E-state index is -0.153. The molecule has 4 aromatic carbocycles. The van der Waals surface area contributed by atoms with E-state index in [0.29, 0.717) is 11.3 Å². The highest BCUT2D eigenvalue weighted by Crippen LogP contribution is 2.53. The first-order chi connectivity index (χ1) is 19.0. The van der Waals surface area contributed by atoms with E-state index in [2.05, 4.69) is 55.2 Å². The number of carbonyl (C=O) groups excluding carboxylic acids is 2. The van der Waals surface area contributed by atoms with Gasteiger partial charge in [-0.3, -0.25) is 14.6 Å². The molecule has 4 aromatic rings. The zero-order valence-corrected chi connectivity index (χ0v) is 23.0. The molecule has 0 bridgehead atoms. The quantitative estimate of drug-likeness (QED) is 0.158. The van der Waals surface area contributed by atoms with Crippen molar-refractivity contribution in [2.24, 2.45) is 4.99 Å². The summed E-state index contributed by atoms with van der Waals surface area (Å²) < 4.78 is 0. The molecule has 0 saturated carbocycles. The molecule has 0 radical (unpaired) electrons. The molecule has 0 amide bonds. The number of benzene rings is 4. The van der Waals surface area contributed by atoms with Crippen molar-refractivity contribution >= 4 is 17.3 Å². The van der Waals surface area contributed by atoms with E-state index in [1.807, 2.05) is 60.7 Å². The standard InChI is InChI=1S/C36H35NO2/c1-4-21-36(22-5-2)32-18-12-11-16-29(32)30-20-19-27(23-33(30)36)35(39)34(37-24-25(3)38)31-17-10-9-15-28(31)26-13-7-6-8-14-26/h6-20,23H,4-5,21-22,24H2,1-3H3. The molecular formula is C36H35NO2. The Hall–Kier alpha value is -4.11. The van der Waals surface area contributed by atoms with Gasteiger partial charge in [-0.25, -0.2) is 0 Å². The van der Waals surface area contributed by atoms with E-state index in [0.717, 1.165) is 42.4 Å². The predicted molar refractivity (Wildman–Crippen MR) is 161 cm³/mol. The molecule has 0 atom stereocenters. The zero-order chi connectivity index (χ0) is 27.4. The summed E-state index contributed by atoms with van der Waals surface area (Å²) in [5, 5.41) is 0. The number of fused-ring (bicyclic) bond motifs is 3. The van der Waals surface area contributed by atoms with E-state index in [-0.39, 0.29) is 23.5 Å². The molecule has 0 aromatic heterocycles. The average molecular weight is 514 g/mol. The lowest BCUT2D eigenvalue weighted by molar-refractivity contribution is -0.115. The summed E-state index contributed by atoms with van der Waals surface area (Å²) in [6.07, 6.45) is 4.18. The van der Waals surface area contributed by atoms with Crippen LogP contribution in [0.2, 0.25) is 0 Å². The molecule has 1 aliphatic carbocycles. The van der Waals surface area contributed by atoms with Gasteiger partial charge in [-0.1, -0.05) is 118 Å². The van der Waals surface area contributed by atoms with Crippen LogP contribution in [0.15, 0.2) is 102 Å². The number of rotatable bonds is 10. The number of ketones is 2. The number of carbonyl (C=O) groups is 2. The van der Waals surface area contributed by atoms with Gasteiger partial charge in [0.15, 0.2) is 5.78 Å².